The summed E-state index contributed by atoms with van der Waals surface area (Å²) in [6.45, 7) is 2.65. The summed E-state index contributed by atoms with van der Waals surface area (Å²) in [5.74, 6) is 0.396. The molecular formula is C18H17ClN2O4S2. The maximum absolute atomic E-state index is 13.0. The van der Waals surface area contributed by atoms with Crippen molar-refractivity contribution < 1.29 is 17.9 Å². The number of hydrogen-bond donors (Lipinski definition) is 1. The summed E-state index contributed by atoms with van der Waals surface area (Å²) in [4.78, 5) is 15.2. The molecule has 1 atom stereocenters. The molecule has 0 aliphatic carbocycles. The molecule has 9 heteroatoms. The zero-order valence-corrected chi connectivity index (χ0v) is 17.0. The van der Waals surface area contributed by atoms with Gasteiger partial charge >= 0.3 is 0 Å². The van der Waals surface area contributed by atoms with Gasteiger partial charge in [-0.2, -0.15) is 0 Å². The summed E-state index contributed by atoms with van der Waals surface area (Å²) < 4.78 is 33.6. The molecule has 0 saturated carbocycles. The number of benzene rings is 2. The lowest BCUT2D eigenvalue weighted by Crippen LogP contribution is -2.35. The predicted molar refractivity (Wildman–Crippen MR) is 107 cm³/mol. The lowest BCUT2D eigenvalue weighted by molar-refractivity contribution is -0.117. The van der Waals surface area contributed by atoms with Crippen molar-refractivity contribution in [1.29, 1.82) is 0 Å². The normalized spacial score (nSPS) is 18.4. The Kier molecular flexibility index (Phi) is 4.52. The second-order valence-corrected chi connectivity index (χ2v) is 9.99. The number of thioether (sulfide) groups is 1. The Labute approximate surface area is 166 Å². The molecule has 142 valence electrons. The van der Waals surface area contributed by atoms with Crippen molar-refractivity contribution in [3.8, 4) is 5.75 Å². The summed E-state index contributed by atoms with van der Waals surface area (Å²) in [6.07, 6.45) is 0.0933. The fraction of sp³-hybridized carbons (Fsp3) is 0.278. The van der Waals surface area contributed by atoms with Gasteiger partial charge in [0.15, 0.2) is 0 Å². The Hall–Kier alpha value is -1.90. The Morgan fingerprint density at radius 3 is 2.78 bits per heavy atom. The second-order valence-electron chi connectivity index (χ2n) is 6.45. The molecule has 1 unspecified atom stereocenters. The van der Waals surface area contributed by atoms with Crippen LogP contribution in [0.2, 0.25) is 5.02 Å². The number of halogens is 1. The Bertz CT molecular complexity index is 1060. The van der Waals surface area contributed by atoms with E-state index in [4.69, 9.17) is 16.3 Å². The van der Waals surface area contributed by atoms with Gasteiger partial charge in [-0.3, -0.25) is 9.52 Å². The molecular weight excluding hydrogens is 408 g/mol. The maximum Gasteiger partial charge on any atom is 0.262 e. The Balaban J connectivity index is 1.74. The lowest BCUT2D eigenvalue weighted by atomic mass is 10.1. The molecule has 0 aromatic heterocycles. The van der Waals surface area contributed by atoms with Crippen LogP contribution in [0.15, 0.2) is 40.1 Å². The number of methoxy groups -OCH3 is 1. The van der Waals surface area contributed by atoms with Gasteiger partial charge in [0.25, 0.3) is 10.0 Å². The van der Waals surface area contributed by atoms with E-state index in [0.717, 1.165) is 10.6 Å². The third-order valence-corrected chi connectivity index (χ3v) is 7.46. The monoisotopic (exact) mass is 424 g/mol. The summed E-state index contributed by atoms with van der Waals surface area (Å²) in [5.41, 5.74) is 1.62. The molecule has 2 aliphatic heterocycles. The zero-order chi connectivity index (χ0) is 19.3. The van der Waals surface area contributed by atoms with Crippen LogP contribution < -0.4 is 14.4 Å². The van der Waals surface area contributed by atoms with E-state index in [1.807, 2.05) is 0 Å². The number of rotatable bonds is 4. The topological polar surface area (TPSA) is 75.7 Å². The molecule has 0 fully saturated rings. The summed E-state index contributed by atoms with van der Waals surface area (Å²) in [6, 6.07) is 8.01. The van der Waals surface area contributed by atoms with E-state index in [1.54, 1.807) is 40.9 Å². The minimum atomic E-state index is -3.87. The number of ether oxygens (including phenoxy) is 1. The first kappa shape index (κ1) is 18.5. The van der Waals surface area contributed by atoms with Crippen molar-refractivity contribution in [3.05, 3.63) is 40.9 Å². The van der Waals surface area contributed by atoms with Crippen LogP contribution in [0.1, 0.15) is 12.5 Å². The SMILES string of the molecule is COc1ccc(NS(=O)(=O)c2ccc3c4c2CC(=O)N4CC(C)S3)cc1Cl. The van der Waals surface area contributed by atoms with Crippen molar-refractivity contribution >= 4 is 50.7 Å². The molecule has 1 amide bonds. The van der Waals surface area contributed by atoms with Gasteiger partial charge in [0.1, 0.15) is 5.75 Å². The second kappa shape index (κ2) is 6.61. The van der Waals surface area contributed by atoms with Gasteiger partial charge in [-0.15, -0.1) is 11.8 Å². The van der Waals surface area contributed by atoms with E-state index in [1.165, 1.54) is 13.2 Å². The highest BCUT2D eigenvalue weighted by Crippen LogP contribution is 2.46. The first-order valence-corrected chi connectivity index (χ1v) is 11.0. The molecule has 0 radical (unpaired) electrons. The number of carbonyl (C=O) groups is 1. The lowest BCUT2D eigenvalue weighted by Gasteiger charge is -2.29. The van der Waals surface area contributed by atoms with Crippen LogP contribution in [0.3, 0.4) is 0 Å². The van der Waals surface area contributed by atoms with Gasteiger partial charge in [0.2, 0.25) is 5.91 Å². The third-order valence-electron chi connectivity index (χ3n) is 4.56. The number of nitrogens with one attached hydrogen (secondary N) is 1. The van der Waals surface area contributed by atoms with Crippen molar-refractivity contribution in [2.45, 2.75) is 28.4 Å². The zero-order valence-electron chi connectivity index (χ0n) is 14.7. The molecule has 2 heterocycles. The average Bonchev–Trinajstić information content (AvgIpc) is 2.92. The molecule has 2 aromatic rings. The minimum absolute atomic E-state index is 0.0615. The molecule has 6 nitrogen and oxygen atoms in total. The summed E-state index contributed by atoms with van der Waals surface area (Å²) >= 11 is 7.74. The standard InChI is InChI=1S/C18H17ClN2O4S2/c1-10-9-21-17(22)8-12-16(6-5-15(26-10)18(12)21)27(23,24)20-11-3-4-14(25-2)13(19)7-11/h3-7,10,20H,8-9H2,1-2H3. The molecule has 4 rings (SSSR count). The average molecular weight is 425 g/mol. The Morgan fingerprint density at radius 1 is 1.30 bits per heavy atom. The molecule has 2 aliphatic rings. The van der Waals surface area contributed by atoms with Gasteiger partial charge in [-0.25, -0.2) is 8.42 Å². The van der Waals surface area contributed by atoms with Crippen molar-refractivity contribution in [3.63, 3.8) is 0 Å². The number of hydrogen-bond acceptors (Lipinski definition) is 5. The van der Waals surface area contributed by atoms with Crippen molar-refractivity contribution in [2.24, 2.45) is 0 Å². The number of anilines is 2. The van der Waals surface area contributed by atoms with E-state index in [-0.39, 0.29) is 22.5 Å². The number of carbonyl (C=O) groups excluding carboxylic acids is 1. The first-order valence-electron chi connectivity index (χ1n) is 8.29. The van der Waals surface area contributed by atoms with Gasteiger partial charge < -0.3 is 9.64 Å². The molecule has 2 aromatic carbocycles. The van der Waals surface area contributed by atoms with Gasteiger partial charge in [0.05, 0.1) is 34.8 Å². The Morgan fingerprint density at radius 2 is 2.07 bits per heavy atom. The molecule has 27 heavy (non-hydrogen) atoms. The largest absolute Gasteiger partial charge is 0.495 e. The third kappa shape index (κ3) is 3.15. The van der Waals surface area contributed by atoms with Gasteiger partial charge in [0, 0.05) is 22.3 Å². The smallest absolute Gasteiger partial charge is 0.262 e. The van der Waals surface area contributed by atoms with Crippen molar-refractivity contribution in [1.82, 2.24) is 0 Å². The van der Waals surface area contributed by atoms with Crippen LogP contribution in [-0.2, 0) is 21.2 Å². The van der Waals surface area contributed by atoms with Crippen LogP contribution >= 0.6 is 23.4 Å². The van der Waals surface area contributed by atoms with Crippen LogP contribution in [0.5, 0.6) is 5.75 Å². The van der Waals surface area contributed by atoms with Crippen LogP contribution in [0, 0.1) is 0 Å². The summed E-state index contributed by atoms with van der Waals surface area (Å²) in [5, 5.41) is 0.578. The number of sulfonamides is 1. The number of amides is 1. The predicted octanol–water partition coefficient (Wildman–Crippen LogP) is 3.53. The summed E-state index contributed by atoms with van der Waals surface area (Å²) in [7, 11) is -2.39. The van der Waals surface area contributed by atoms with Gasteiger partial charge in [-0.1, -0.05) is 18.5 Å². The molecule has 1 N–H and O–H groups in total. The molecule has 0 saturated heterocycles. The van der Waals surface area contributed by atoms with Gasteiger partial charge in [-0.05, 0) is 30.3 Å². The molecule has 0 spiro atoms. The van der Waals surface area contributed by atoms with E-state index in [2.05, 4.69) is 11.6 Å². The fourth-order valence-corrected chi connectivity index (χ4v) is 6.12. The van der Waals surface area contributed by atoms with Crippen molar-refractivity contribution in [2.75, 3.05) is 23.3 Å². The maximum atomic E-state index is 13.0. The fourth-order valence-electron chi connectivity index (χ4n) is 3.43. The highest BCUT2D eigenvalue weighted by molar-refractivity contribution is 8.00. The first-order chi connectivity index (χ1) is 12.8. The minimum Gasteiger partial charge on any atom is -0.495 e. The van der Waals surface area contributed by atoms with Crippen LogP contribution in [-0.4, -0.2) is 33.2 Å². The quantitative estimate of drug-likeness (QED) is 0.812. The van der Waals surface area contributed by atoms with Crippen LogP contribution in [0.25, 0.3) is 0 Å². The van der Waals surface area contributed by atoms with E-state index < -0.39 is 10.0 Å². The highest BCUT2D eigenvalue weighted by atomic mass is 35.5. The molecule has 0 bridgehead atoms. The number of nitrogens with zero attached hydrogens (tertiary/aromatic N) is 1. The highest BCUT2D eigenvalue weighted by Gasteiger charge is 2.38. The van der Waals surface area contributed by atoms with E-state index in [9.17, 15) is 13.2 Å². The van der Waals surface area contributed by atoms with Crippen LogP contribution in [0.4, 0.5) is 11.4 Å². The van der Waals surface area contributed by atoms with E-state index >= 15 is 0 Å². The van der Waals surface area contributed by atoms with E-state index in [0.29, 0.717) is 28.6 Å².